The second-order valence-corrected chi connectivity index (χ2v) is 5.21. The Balaban J connectivity index is 2.98. The van der Waals surface area contributed by atoms with Crippen molar-refractivity contribution in [3.8, 4) is 11.8 Å². The molecule has 1 N–H and O–H groups in total. The van der Waals surface area contributed by atoms with Crippen LogP contribution in [0.15, 0.2) is 16.6 Å². The van der Waals surface area contributed by atoms with E-state index in [1.54, 1.807) is 28.7 Å². The highest BCUT2D eigenvalue weighted by molar-refractivity contribution is 14.1. The molecular weight excluding hydrogens is 444 g/mol. The first-order valence-corrected chi connectivity index (χ1v) is 6.51. The van der Waals surface area contributed by atoms with Gasteiger partial charge in [0, 0.05) is 3.57 Å². The van der Waals surface area contributed by atoms with Crippen molar-refractivity contribution in [3.63, 3.8) is 0 Å². The molecule has 1 rings (SSSR count). The minimum absolute atomic E-state index is 0.0394. The molecule has 0 radical (unpaired) electrons. The standard InChI is InChI=1S/C10H5BrF3IN2O2/c11-5-3-7(17-9(18)1-2-16)6(15)4-8(5)19-10(12,13)14/h3-4H,1H2,(H,17,18). The third kappa shape index (κ3) is 5.23. The number of hydrogen-bond donors (Lipinski definition) is 1. The maximum absolute atomic E-state index is 12.1. The van der Waals surface area contributed by atoms with Gasteiger partial charge in [-0.15, -0.1) is 13.2 Å². The first-order chi connectivity index (χ1) is 8.73. The van der Waals surface area contributed by atoms with Gasteiger partial charge < -0.3 is 10.1 Å². The van der Waals surface area contributed by atoms with E-state index in [1.807, 2.05) is 0 Å². The lowest BCUT2D eigenvalue weighted by Gasteiger charge is -2.13. The van der Waals surface area contributed by atoms with Gasteiger partial charge in [-0.05, 0) is 50.7 Å². The molecule has 19 heavy (non-hydrogen) atoms. The fraction of sp³-hybridized carbons (Fsp3) is 0.200. The fourth-order valence-electron chi connectivity index (χ4n) is 1.09. The lowest BCUT2D eigenvalue weighted by Crippen LogP contribution is -2.18. The summed E-state index contributed by atoms with van der Waals surface area (Å²) in [5, 5.41) is 10.7. The Kier molecular flexibility index (Phi) is 5.42. The number of halogens is 5. The molecule has 4 nitrogen and oxygen atoms in total. The molecule has 0 unspecified atom stereocenters. The molecule has 0 atom stereocenters. The summed E-state index contributed by atoms with van der Waals surface area (Å²) in [4.78, 5) is 11.2. The number of carbonyl (C=O) groups excluding carboxylic acids is 1. The Labute approximate surface area is 128 Å². The lowest BCUT2D eigenvalue weighted by molar-refractivity contribution is -0.274. The largest absolute Gasteiger partial charge is 0.573 e. The Bertz CT molecular complexity index is 543. The van der Waals surface area contributed by atoms with Gasteiger partial charge in [0.1, 0.15) is 12.2 Å². The zero-order chi connectivity index (χ0) is 14.6. The molecule has 1 aromatic carbocycles. The summed E-state index contributed by atoms with van der Waals surface area (Å²) >= 11 is 4.67. The molecule has 0 aliphatic carbocycles. The number of amides is 1. The lowest BCUT2D eigenvalue weighted by atomic mass is 10.3. The minimum Gasteiger partial charge on any atom is -0.405 e. The van der Waals surface area contributed by atoms with Gasteiger partial charge in [0.05, 0.1) is 16.2 Å². The summed E-state index contributed by atoms with van der Waals surface area (Å²) in [5.41, 5.74) is 0.294. The molecule has 0 heterocycles. The molecule has 0 spiro atoms. The Morgan fingerprint density at radius 3 is 2.68 bits per heavy atom. The summed E-state index contributed by atoms with van der Waals surface area (Å²) in [6.45, 7) is 0. The van der Waals surface area contributed by atoms with E-state index < -0.39 is 18.0 Å². The second kappa shape index (κ2) is 6.42. The van der Waals surface area contributed by atoms with Gasteiger partial charge in [0.2, 0.25) is 5.91 Å². The molecular formula is C10H5BrF3IN2O2. The predicted octanol–water partition coefficient (Wildman–Crippen LogP) is 3.80. The molecule has 0 bridgehead atoms. The van der Waals surface area contributed by atoms with Gasteiger partial charge in [0.25, 0.3) is 0 Å². The van der Waals surface area contributed by atoms with Crippen LogP contribution in [0.25, 0.3) is 0 Å². The number of nitrogens with zero attached hydrogens (tertiary/aromatic N) is 1. The van der Waals surface area contributed by atoms with Crippen LogP contribution in [-0.2, 0) is 4.79 Å². The van der Waals surface area contributed by atoms with Gasteiger partial charge in [-0.25, -0.2) is 0 Å². The van der Waals surface area contributed by atoms with E-state index in [0.29, 0.717) is 9.26 Å². The zero-order valence-electron chi connectivity index (χ0n) is 9.02. The molecule has 0 saturated carbocycles. The third-order valence-electron chi connectivity index (χ3n) is 1.76. The average Bonchev–Trinajstić information content (AvgIpc) is 2.23. The van der Waals surface area contributed by atoms with E-state index in [0.717, 1.165) is 6.07 Å². The van der Waals surface area contributed by atoms with E-state index in [4.69, 9.17) is 5.26 Å². The van der Waals surface area contributed by atoms with Crippen molar-refractivity contribution in [2.24, 2.45) is 0 Å². The number of nitrogens with one attached hydrogen (secondary N) is 1. The Hall–Kier alpha value is -1.02. The van der Waals surface area contributed by atoms with Crippen LogP contribution in [0.5, 0.6) is 5.75 Å². The second-order valence-electron chi connectivity index (χ2n) is 3.19. The molecule has 0 fully saturated rings. The highest BCUT2D eigenvalue weighted by Crippen LogP contribution is 2.35. The highest BCUT2D eigenvalue weighted by atomic mass is 127. The van der Waals surface area contributed by atoms with Crippen LogP contribution in [0.2, 0.25) is 0 Å². The van der Waals surface area contributed by atoms with Gasteiger partial charge in [-0.1, -0.05) is 0 Å². The highest BCUT2D eigenvalue weighted by Gasteiger charge is 2.32. The smallest absolute Gasteiger partial charge is 0.405 e. The number of anilines is 1. The van der Waals surface area contributed by atoms with Crippen molar-refractivity contribution in [2.75, 3.05) is 5.32 Å². The normalized spacial score (nSPS) is 10.7. The minimum atomic E-state index is -4.79. The summed E-state index contributed by atoms with van der Waals surface area (Å²) < 4.78 is 40.5. The van der Waals surface area contributed by atoms with Crippen molar-refractivity contribution in [3.05, 3.63) is 20.2 Å². The Morgan fingerprint density at radius 1 is 1.53 bits per heavy atom. The van der Waals surface area contributed by atoms with Crippen LogP contribution in [-0.4, -0.2) is 12.3 Å². The van der Waals surface area contributed by atoms with Crippen LogP contribution in [0.3, 0.4) is 0 Å². The van der Waals surface area contributed by atoms with Gasteiger partial charge >= 0.3 is 6.36 Å². The van der Waals surface area contributed by atoms with Crippen molar-refractivity contribution in [1.29, 1.82) is 5.26 Å². The van der Waals surface area contributed by atoms with Crippen LogP contribution in [0, 0.1) is 14.9 Å². The maximum Gasteiger partial charge on any atom is 0.573 e. The number of hydrogen-bond acceptors (Lipinski definition) is 3. The van der Waals surface area contributed by atoms with E-state index >= 15 is 0 Å². The number of nitriles is 1. The molecule has 0 aliphatic heterocycles. The molecule has 0 aliphatic rings. The monoisotopic (exact) mass is 448 g/mol. The van der Waals surface area contributed by atoms with Crippen molar-refractivity contribution < 1.29 is 22.7 Å². The maximum atomic E-state index is 12.1. The van der Waals surface area contributed by atoms with Crippen LogP contribution in [0.1, 0.15) is 6.42 Å². The number of rotatable bonds is 3. The van der Waals surface area contributed by atoms with Gasteiger partial charge in [-0.3, -0.25) is 4.79 Å². The molecule has 102 valence electrons. The van der Waals surface area contributed by atoms with Crippen LogP contribution in [0.4, 0.5) is 18.9 Å². The van der Waals surface area contributed by atoms with E-state index in [2.05, 4.69) is 26.0 Å². The van der Waals surface area contributed by atoms with Crippen molar-refractivity contribution in [1.82, 2.24) is 0 Å². The summed E-state index contributed by atoms with van der Waals surface area (Å²) in [7, 11) is 0. The third-order valence-corrected chi connectivity index (χ3v) is 3.27. The first kappa shape index (κ1) is 16.0. The quantitative estimate of drug-likeness (QED) is 0.715. The van der Waals surface area contributed by atoms with Crippen molar-refractivity contribution in [2.45, 2.75) is 12.8 Å². The zero-order valence-corrected chi connectivity index (χ0v) is 12.8. The first-order valence-electron chi connectivity index (χ1n) is 4.64. The molecule has 0 saturated heterocycles. The van der Waals surface area contributed by atoms with Crippen molar-refractivity contribution >= 4 is 50.1 Å². The van der Waals surface area contributed by atoms with Crippen LogP contribution >= 0.6 is 38.5 Å². The average molecular weight is 449 g/mol. The fourth-order valence-corrected chi connectivity index (χ4v) is 2.09. The number of ether oxygens (including phenoxy) is 1. The van der Waals surface area contributed by atoms with E-state index in [1.165, 1.54) is 6.07 Å². The SMILES string of the molecule is N#CCC(=O)Nc1cc(Br)c(OC(F)(F)F)cc1I. The number of benzene rings is 1. The van der Waals surface area contributed by atoms with E-state index in [-0.39, 0.29) is 10.9 Å². The summed E-state index contributed by atoms with van der Waals surface area (Å²) in [6.07, 6.45) is -5.13. The summed E-state index contributed by atoms with van der Waals surface area (Å²) in [6, 6.07) is 4.07. The van der Waals surface area contributed by atoms with Gasteiger partial charge in [-0.2, -0.15) is 5.26 Å². The van der Waals surface area contributed by atoms with Crippen LogP contribution < -0.4 is 10.1 Å². The molecule has 1 amide bonds. The van der Waals surface area contributed by atoms with E-state index in [9.17, 15) is 18.0 Å². The Morgan fingerprint density at radius 2 is 2.16 bits per heavy atom. The molecule has 9 heteroatoms. The number of carbonyl (C=O) groups is 1. The predicted molar refractivity (Wildman–Crippen MR) is 72.4 cm³/mol. The molecule has 1 aromatic rings. The number of alkyl halides is 3. The summed E-state index contributed by atoms with van der Waals surface area (Å²) in [5.74, 6) is -0.952. The van der Waals surface area contributed by atoms with Gasteiger partial charge in [0.15, 0.2) is 0 Å². The molecule has 0 aromatic heterocycles. The topological polar surface area (TPSA) is 62.1 Å².